The van der Waals surface area contributed by atoms with Gasteiger partial charge in [0.1, 0.15) is 0 Å². The van der Waals surface area contributed by atoms with Crippen LogP contribution in [0.4, 0.5) is 0 Å². The Kier molecular flexibility index (Phi) is 3.00. The van der Waals surface area contributed by atoms with Crippen molar-refractivity contribution in [2.45, 2.75) is 26.9 Å². The first-order valence-corrected chi connectivity index (χ1v) is 4.75. The lowest BCUT2D eigenvalue weighted by Gasteiger charge is -2.02. The van der Waals surface area contributed by atoms with Gasteiger partial charge in [0, 0.05) is 4.88 Å². The van der Waals surface area contributed by atoms with E-state index in [1.165, 1.54) is 0 Å². The van der Waals surface area contributed by atoms with E-state index in [-0.39, 0.29) is 6.10 Å². The lowest BCUT2D eigenvalue weighted by atomic mass is 10.1. The van der Waals surface area contributed by atoms with Crippen LogP contribution in [0.2, 0.25) is 0 Å². The molecule has 3 heteroatoms. The average molecular weight is 183 g/mol. The summed E-state index contributed by atoms with van der Waals surface area (Å²) in [7, 11) is 0. The van der Waals surface area contributed by atoms with E-state index < -0.39 is 0 Å². The Morgan fingerprint density at radius 1 is 1.75 bits per heavy atom. The maximum atomic E-state index is 9.23. The molecule has 0 saturated heterocycles. The van der Waals surface area contributed by atoms with Crippen LogP contribution in [-0.2, 0) is 0 Å². The molecule has 66 valence electrons. The molecule has 1 aromatic rings. The predicted molar refractivity (Wildman–Crippen MR) is 52.2 cm³/mol. The molecule has 1 atom stereocenters. The minimum Gasteiger partial charge on any atom is -0.389 e. The normalized spacial score (nSPS) is 14.8. The van der Waals surface area contributed by atoms with E-state index >= 15 is 0 Å². The van der Waals surface area contributed by atoms with Gasteiger partial charge in [-0.1, -0.05) is 0 Å². The second-order valence-corrected chi connectivity index (χ2v) is 3.75. The predicted octanol–water partition coefficient (Wildman–Crippen LogP) is 2.24. The van der Waals surface area contributed by atoms with Crippen LogP contribution in [-0.4, -0.2) is 16.2 Å². The fraction of sp³-hybridized carbons (Fsp3) is 0.444. The van der Waals surface area contributed by atoms with E-state index in [4.69, 9.17) is 0 Å². The van der Waals surface area contributed by atoms with Gasteiger partial charge >= 0.3 is 0 Å². The second-order valence-electron chi connectivity index (χ2n) is 2.87. The van der Waals surface area contributed by atoms with Crippen molar-refractivity contribution in [2.24, 2.45) is 0 Å². The molecular weight excluding hydrogens is 170 g/mol. The maximum absolute atomic E-state index is 9.23. The van der Waals surface area contributed by atoms with Gasteiger partial charge < -0.3 is 5.11 Å². The highest BCUT2D eigenvalue weighted by Gasteiger charge is 2.01. The third-order valence-electron chi connectivity index (χ3n) is 1.80. The smallest absolute Gasteiger partial charge is 0.0801 e. The van der Waals surface area contributed by atoms with Gasteiger partial charge in [-0.05, 0) is 32.4 Å². The van der Waals surface area contributed by atoms with Crippen molar-refractivity contribution in [1.29, 1.82) is 0 Å². The summed E-state index contributed by atoms with van der Waals surface area (Å²) in [6.07, 6.45) is 1.61. The SMILES string of the molecule is CC(=Cc1scnc1C)C(C)O. The molecular formula is C9H13NOS. The van der Waals surface area contributed by atoms with E-state index in [0.717, 1.165) is 16.1 Å². The molecule has 1 aromatic heterocycles. The number of aliphatic hydroxyl groups excluding tert-OH is 1. The zero-order valence-corrected chi connectivity index (χ0v) is 8.35. The summed E-state index contributed by atoms with van der Waals surface area (Å²) in [5.41, 5.74) is 3.82. The van der Waals surface area contributed by atoms with Crippen LogP contribution in [0.15, 0.2) is 11.1 Å². The minimum absolute atomic E-state index is 0.369. The first-order valence-electron chi connectivity index (χ1n) is 3.87. The second kappa shape index (κ2) is 3.83. The van der Waals surface area contributed by atoms with Gasteiger partial charge in [-0.15, -0.1) is 11.3 Å². The van der Waals surface area contributed by atoms with Crippen LogP contribution < -0.4 is 0 Å². The average Bonchev–Trinajstić information content (AvgIpc) is 2.36. The Morgan fingerprint density at radius 2 is 2.42 bits per heavy atom. The fourth-order valence-electron chi connectivity index (χ4n) is 0.777. The quantitative estimate of drug-likeness (QED) is 0.762. The van der Waals surface area contributed by atoms with Crippen molar-refractivity contribution < 1.29 is 5.11 Å². The van der Waals surface area contributed by atoms with Gasteiger partial charge in [-0.25, -0.2) is 4.98 Å². The molecule has 1 rings (SSSR count). The summed E-state index contributed by atoms with van der Waals surface area (Å²) in [5, 5.41) is 9.23. The molecule has 0 bridgehead atoms. The highest BCUT2D eigenvalue weighted by Crippen LogP contribution is 2.17. The van der Waals surface area contributed by atoms with Crippen molar-refractivity contribution >= 4 is 17.4 Å². The highest BCUT2D eigenvalue weighted by molar-refractivity contribution is 7.10. The van der Waals surface area contributed by atoms with Crippen molar-refractivity contribution in [3.8, 4) is 0 Å². The van der Waals surface area contributed by atoms with Crippen LogP contribution >= 0.6 is 11.3 Å². The number of thiazole rings is 1. The third-order valence-corrected chi connectivity index (χ3v) is 2.68. The Labute approximate surface area is 76.6 Å². The van der Waals surface area contributed by atoms with Crippen molar-refractivity contribution in [1.82, 2.24) is 4.98 Å². The van der Waals surface area contributed by atoms with Gasteiger partial charge in [0.15, 0.2) is 0 Å². The minimum atomic E-state index is -0.369. The number of hydrogen-bond donors (Lipinski definition) is 1. The highest BCUT2D eigenvalue weighted by atomic mass is 32.1. The van der Waals surface area contributed by atoms with E-state index in [1.54, 1.807) is 18.3 Å². The van der Waals surface area contributed by atoms with Crippen LogP contribution in [0.25, 0.3) is 6.08 Å². The number of hydrogen-bond acceptors (Lipinski definition) is 3. The summed E-state index contributed by atoms with van der Waals surface area (Å²) < 4.78 is 0. The monoisotopic (exact) mass is 183 g/mol. The van der Waals surface area contributed by atoms with Gasteiger partial charge in [-0.3, -0.25) is 0 Å². The molecule has 2 nitrogen and oxygen atoms in total. The lowest BCUT2D eigenvalue weighted by molar-refractivity contribution is 0.232. The van der Waals surface area contributed by atoms with Crippen molar-refractivity contribution in [3.05, 3.63) is 21.7 Å². The molecule has 0 aliphatic heterocycles. The third kappa shape index (κ3) is 2.16. The largest absolute Gasteiger partial charge is 0.389 e. The standard InChI is InChI=1S/C9H13NOS/c1-6(8(3)11)4-9-7(2)10-5-12-9/h4-5,8,11H,1-3H3. The number of aliphatic hydroxyl groups is 1. The van der Waals surface area contributed by atoms with Gasteiger partial charge in [-0.2, -0.15) is 0 Å². The van der Waals surface area contributed by atoms with Gasteiger partial charge in [0.25, 0.3) is 0 Å². The molecule has 0 aliphatic rings. The molecule has 0 spiro atoms. The summed E-state index contributed by atoms with van der Waals surface area (Å²) in [4.78, 5) is 5.25. The Morgan fingerprint density at radius 3 is 2.83 bits per heavy atom. The van der Waals surface area contributed by atoms with Crippen LogP contribution in [0.1, 0.15) is 24.4 Å². The molecule has 0 saturated carbocycles. The Bertz CT molecular complexity index is 288. The summed E-state index contributed by atoms with van der Waals surface area (Å²) in [6, 6.07) is 0. The molecule has 1 N–H and O–H groups in total. The molecule has 0 aromatic carbocycles. The maximum Gasteiger partial charge on any atom is 0.0801 e. The van der Waals surface area contributed by atoms with Crippen LogP contribution in [0.3, 0.4) is 0 Å². The van der Waals surface area contributed by atoms with Gasteiger partial charge in [0.2, 0.25) is 0 Å². The molecule has 0 fully saturated rings. The molecule has 1 unspecified atom stereocenters. The van der Waals surface area contributed by atoms with E-state index in [9.17, 15) is 5.11 Å². The van der Waals surface area contributed by atoms with Gasteiger partial charge in [0.05, 0.1) is 17.3 Å². The summed E-state index contributed by atoms with van der Waals surface area (Å²) >= 11 is 1.60. The molecule has 0 radical (unpaired) electrons. The number of rotatable bonds is 2. The molecule has 0 amide bonds. The first-order chi connectivity index (χ1) is 5.61. The van der Waals surface area contributed by atoms with E-state index in [2.05, 4.69) is 4.98 Å². The zero-order valence-electron chi connectivity index (χ0n) is 7.53. The van der Waals surface area contributed by atoms with Crippen molar-refractivity contribution in [2.75, 3.05) is 0 Å². The van der Waals surface area contributed by atoms with Crippen LogP contribution in [0.5, 0.6) is 0 Å². The molecule has 12 heavy (non-hydrogen) atoms. The van der Waals surface area contributed by atoms with E-state index in [0.29, 0.717) is 0 Å². The topological polar surface area (TPSA) is 33.1 Å². The number of aryl methyl sites for hydroxylation is 1. The van der Waals surface area contributed by atoms with Crippen LogP contribution in [0, 0.1) is 6.92 Å². The van der Waals surface area contributed by atoms with Crippen molar-refractivity contribution in [3.63, 3.8) is 0 Å². The molecule has 0 aliphatic carbocycles. The fourth-order valence-corrected chi connectivity index (χ4v) is 1.58. The first kappa shape index (κ1) is 9.42. The van der Waals surface area contributed by atoms with E-state index in [1.807, 2.05) is 25.4 Å². The lowest BCUT2D eigenvalue weighted by Crippen LogP contribution is -2.00. The number of aromatic nitrogens is 1. The number of nitrogens with zero attached hydrogens (tertiary/aromatic N) is 1. The summed E-state index contributed by atoms with van der Waals surface area (Å²) in [5.74, 6) is 0. The Hall–Kier alpha value is -0.670. The zero-order chi connectivity index (χ0) is 9.14. The Balaban J connectivity index is 2.87. The molecule has 1 heterocycles. The summed E-state index contributed by atoms with van der Waals surface area (Å²) in [6.45, 7) is 5.66.